The van der Waals surface area contributed by atoms with Crippen molar-refractivity contribution >= 4 is 12.1 Å². The molecule has 1 heterocycles. The monoisotopic (exact) mass is 319 g/mol. The van der Waals surface area contributed by atoms with Gasteiger partial charge in [-0.05, 0) is 45.7 Å². The smallest absolute Gasteiger partial charge is 0.410 e. The third-order valence-electron chi connectivity index (χ3n) is 3.53. The SMILES string of the molecule is CC(C)(C)NC(=O)NC1CCN(C(=O)Oc2ccccc2)CC1. The van der Waals surface area contributed by atoms with E-state index in [2.05, 4.69) is 10.6 Å². The van der Waals surface area contributed by atoms with Crippen LogP contribution in [0.25, 0.3) is 0 Å². The van der Waals surface area contributed by atoms with Crippen molar-refractivity contribution in [1.82, 2.24) is 15.5 Å². The van der Waals surface area contributed by atoms with Crippen LogP contribution in [0.3, 0.4) is 0 Å². The lowest BCUT2D eigenvalue weighted by Gasteiger charge is -2.32. The molecule has 1 saturated heterocycles. The number of likely N-dealkylation sites (tertiary alicyclic amines) is 1. The average Bonchev–Trinajstić information content (AvgIpc) is 2.47. The molecule has 1 aliphatic rings. The first-order valence-electron chi connectivity index (χ1n) is 7.94. The summed E-state index contributed by atoms with van der Waals surface area (Å²) in [5.74, 6) is 0.544. The van der Waals surface area contributed by atoms with Gasteiger partial charge < -0.3 is 20.3 Å². The van der Waals surface area contributed by atoms with Crippen molar-refractivity contribution in [2.75, 3.05) is 13.1 Å². The zero-order valence-electron chi connectivity index (χ0n) is 14.0. The molecule has 0 spiro atoms. The number of hydrogen-bond acceptors (Lipinski definition) is 3. The number of rotatable bonds is 2. The molecule has 0 aromatic heterocycles. The van der Waals surface area contributed by atoms with Gasteiger partial charge in [-0.3, -0.25) is 0 Å². The highest BCUT2D eigenvalue weighted by molar-refractivity contribution is 5.75. The molecule has 126 valence electrons. The van der Waals surface area contributed by atoms with E-state index in [1.807, 2.05) is 39.0 Å². The maximum absolute atomic E-state index is 12.1. The van der Waals surface area contributed by atoms with Gasteiger partial charge >= 0.3 is 12.1 Å². The van der Waals surface area contributed by atoms with Gasteiger partial charge in [-0.2, -0.15) is 0 Å². The first kappa shape index (κ1) is 17.1. The van der Waals surface area contributed by atoms with Gasteiger partial charge in [-0.1, -0.05) is 18.2 Å². The fourth-order valence-electron chi connectivity index (χ4n) is 2.42. The predicted molar refractivity (Wildman–Crippen MR) is 88.5 cm³/mol. The number of benzene rings is 1. The number of piperidine rings is 1. The minimum Gasteiger partial charge on any atom is -0.410 e. The largest absolute Gasteiger partial charge is 0.415 e. The van der Waals surface area contributed by atoms with E-state index in [9.17, 15) is 9.59 Å². The molecule has 1 aromatic carbocycles. The van der Waals surface area contributed by atoms with E-state index in [1.54, 1.807) is 17.0 Å². The van der Waals surface area contributed by atoms with Crippen LogP contribution < -0.4 is 15.4 Å². The highest BCUT2D eigenvalue weighted by atomic mass is 16.6. The number of nitrogens with zero attached hydrogens (tertiary/aromatic N) is 1. The van der Waals surface area contributed by atoms with E-state index in [-0.39, 0.29) is 23.7 Å². The lowest BCUT2D eigenvalue weighted by molar-refractivity contribution is 0.136. The Balaban J connectivity index is 1.75. The van der Waals surface area contributed by atoms with Gasteiger partial charge in [-0.25, -0.2) is 9.59 Å². The Hall–Kier alpha value is -2.24. The second-order valence-corrected chi connectivity index (χ2v) is 6.79. The van der Waals surface area contributed by atoms with Crippen LogP contribution in [0.4, 0.5) is 9.59 Å². The van der Waals surface area contributed by atoms with Crippen LogP contribution in [0.5, 0.6) is 5.75 Å². The molecule has 0 saturated carbocycles. The molecule has 2 N–H and O–H groups in total. The normalized spacial score (nSPS) is 15.9. The Morgan fingerprint density at radius 1 is 1.13 bits per heavy atom. The van der Waals surface area contributed by atoms with Crippen molar-refractivity contribution in [3.63, 3.8) is 0 Å². The second kappa shape index (κ2) is 7.35. The summed E-state index contributed by atoms with van der Waals surface area (Å²) in [7, 11) is 0. The Morgan fingerprint density at radius 3 is 2.30 bits per heavy atom. The van der Waals surface area contributed by atoms with E-state index in [4.69, 9.17) is 4.74 Å². The number of carbonyl (C=O) groups excluding carboxylic acids is 2. The van der Waals surface area contributed by atoms with E-state index in [0.29, 0.717) is 18.8 Å². The quantitative estimate of drug-likeness (QED) is 0.880. The summed E-state index contributed by atoms with van der Waals surface area (Å²) in [6, 6.07) is 8.95. The van der Waals surface area contributed by atoms with Crippen molar-refractivity contribution in [2.45, 2.75) is 45.2 Å². The van der Waals surface area contributed by atoms with Crippen LogP contribution in [0, 0.1) is 0 Å². The Kier molecular flexibility index (Phi) is 5.47. The Morgan fingerprint density at radius 2 is 1.74 bits per heavy atom. The van der Waals surface area contributed by atoms with Crippen molar-refractivity contribution < 1.29 is 14.3 Å². The van der Waals surface area contributed by atoms with Crippen LogP contribution in [-0.4, -0.2) is 41.7 Å². The zero-order chi connectivity index (χ0) is 16.9. The molecule has 0 unspecified atom stereocenters. The maximum Gasteiger partial charge on any atom is 0.415 e. The molecule has 1 aliphatic heterocycles. The number of urea groups is 1. The molecule has 23 heavy (non-hydrogen) atoms. The lowest BCUT2D eigenvalue weighted by Crippen LogP contribution is -2.53. The summed E-state index contributed by atoms with van der Waals surface area (Å²) in [5, 5.41) is 5.83. The molecule has 3 amide bonds. The molecule has 2 rings (SSSR count). The van der Waals surface area contributed by atoms with Crippen molar-refractivity contribution in [2.24, 2.45) is 0 Å². The molecular weight excluding hydrogens is 294 g/mol. The molecule has 0 atom stereocenters. The first-order chi connectivity index (χ1) is 10.8. The number of carbonyl (C=O) groups is 2. The van der Waals surface area contributed by atoms with E-state index < -0.39 is 0 Å². The highest BCUT2D eigenvalue weighted by Gasteiger charge is 2.25. The molecular formula is C17H25N3O3. The summed E-state index contributed by atoms with van der Waals surface area (Å²) in [6.07, 6.45) is 1.11. The van der Waals surface area contributed by atoms with Crippen molar-refractivity contribution in [3.05, 3.63) is 30.3 Å². The lowest BCUT2D eigenvalue weighted by atomic mass is 10.1. The number of nitrogens with one attached hydrogen (secondary N) is 2. The molecule has 6 heteroatoms. The van der Waals surface area contributed by atoms with Crippen LogP contribution >= 0.6 is 0 Å². The van der Waals surface area contributed by atoms with Gasteiger partial charge in [0.25, 0.3) is 0 Å². The molecule has 6 nitrogen and oxygen atoms in total. The minimum absolute atomic E-state index is 0.0816. The van der Waals surface area contributed by atoms with Crippen LogP contribution in [0.1, 0.15) is 33.6 Å². The van der Waals surface area contributed by atoms with E-state index in [0.717, 1.165) is 12.8 Å². The Bertz CT molecular complexity index is 532. The first-order valence-corrected chi connectivity index (χ1v) is 7.94. The standard InChI is InChI=1S/C17H25N3O3/c1-17(2,3)19-15(21)18-13-9-11-20(12-10-13)16(22)23-14-7-5-4-6-8-14/h4-8,13H,9-12H2,1-3H3,(H2,18,19,21). The van der Waals surface area contributed by atoms with Gasteiger partial charge in [0.1, 0.15) is 5.75 Å². The van der Waals surface area contributed by atoms with Gasteiger partial charge in [-0.15, -0.1) is 0 Å². The van der Waals surface area contributed by atoms with Crippen LogP contribution in [0.2, 0.25) is 0 Å². The maximum atomic E-state index is 12.1. The Labute approximate surface area is 137 Å². The fourth-order valence-corrected chi connectivity index (χ4v) is 2.42. The van der Waals surface area contributed by atoms with Gasteiger partial charge in [0.05, 0.1) is 0 Å². The summed E-state index contributed by atoms with van der Waals surface area (Å²) >= 11 is 0. The molecule has 0 radical (unpaired) electrons. The highest BCUT2D eigenvalue weighted by Crippen LogP contribution is 2.15. The van der Waals surface area contributed by atoms with E-state index in [1.165, 1.54) is 0 Å². The molecule has 1 fully saturated rings. The van der Waals surface area contributed by atoms with Crippen molar-refractivity contribution in [1.29, 1.82) is 0 Å². The van der Waals surface area contributed by atoms with Crippen LogP contribution in [-0.2, 0) is 0 Å². The summed E-state index contributed by atoms with van der Waals surface area (Å²) in [4.78, 5) is 25.6. The third kappa shape index (κ3) is 5.81. The fraction of sp³-hybridized carbons (Fsp3) is 0.529. The number of ether oxygens (including phenoxy) is 1. The summed E-state index contributed by atoms with van der Waals surface area (Å²) < 4.78 is 5.32. The summed E-state index contributed by atoms with van der Waals surface area (Å²) in [6.45, 7) is 6.97. The van der Waals surface area contributed by atoms with Crippen LogP contribution in [0.15, 0.2) is 30.3 Å². The zero-order valence-corrected chi connectivity index (χ0v) is 14.0. The van der Waals surface area contributed by atoms with Gasteiger partial charge in [0, 0.05) is 24.7 Å². The van der Waals surface area contributed by atoms with E-state index >= 15 is 0 Å². The minimum atomic E-state index is -0.339. The second-order valence-electron chi connectivity index (χ2n) is 6.79. The van der Waals surface area contributed by atoms with Gasteiger partial charge in [0.15, 0.2) is 0 Å². The van der Waals surface area contributed by atoms with Gasteiger partial charge in [0.2, 0.25) is 0 Å². The third-order valence-corrected chi connectivity index (χ3v) is 3.53. The number of hydrogen-bond donors (Lipinski definition) is 2. The van der Waals surface area contributed by atoms with Crippen molar-refractivity contribution in [3.8, 4) is 5.75 Å². The molecule has 1 aromatic rings. The predicted octanol–water partition coefficient (Wildman–Crippen LogP) is 2.75. The number of para-hydroxylation sites is 1. The summed E-state index contributed by atoms with van der Waals surface area (Å²) in [5.41, 5.74) is -0.260. The topological polar surface area (TPSA) is 70.7 Å². The molecule has 0 aliphatic carbocycles. The molecule has 0 bridgehead atoms. The average molecular weight is 319 g/mol. The number of amides is 3.